The molecule has 1 aromatic heterocycles. The molecule has 0 amide bonds. The number of hydrogen-bond acceptors (Lipinski definition) is 5. The molecule has 0 radical (unpaired) electrons. The molecule has 160 valence electrons. The van der Waals surface area contributed by atoms with Crippen LogP contribution in [-0.2, 0) is 20.6 Å². The third kappa shape index (κ3) is 4.56. The van der Waals surface area contributed by atoms with E-state index in [0.717, 1.165) is 19.3 Å². The zero-order valence-electron chi connectivity index (χ0n) is 17.9. The zero-order valence-corrected chi connectivity index (χ0v) is 17.9. The number of ether oxygens (including phenoxy) is 3. The van der Waals surface area contributed by atoms with Crippen molar-refractivity contribution in [2.45, 2.75) is 45.3 Å². The first kappa shape index (κ1) is 21.0. The number of unbranched alkanes of at least 4 members (excludes halogenated alkanes) is 1. The lowest BCUT2D eigenvalue weighted by Gasteiger charge is -2.43. The smallest absolute Gasteiger partial charge is 0.146 e. The van der Waals surface area contributed by atoms with Crippen LogP contribution in [0.1, 0.15) is 38.3 Å². The van der Waals surface area contributed by atoms with E-state index in [1.807, 2.05) is 4.68 Å². The molecule has 30 heavy (non-hydrogen) atoms. The molecule has 0 bridgehead atoms. The van der Waals surface area contributed by atoms with E-state index < -0.39 is 0 Å². The van der Waals surface area contributed by atoms with Crippen molar-refractivity contribution in [3.05, 3.63) is 60.7 Å². The molecule has 1 aliphatic rings. The highest BCUT2D eigenvalue weighted by Crippen LogP contribution is 2.37. The number of benzene rings is 2. The van der Waals surface area contributed by atoms with E-state index in [-0.39, 0.29) is 17.6 Å². The fraction of sp³-hybridized carbons (Fsp3) is 0.500. The lowest BCUT2D eigenvalue weighted by molar-refractivity contribution is -0.207. The first-order chi connectivity index (χ1) is 14.7. The van der Waals surface area contributed by atoms with Gasteiger partial charge in [0.05, 0.1) is 25.4 Å². The summed E-state index contributed by atoms with van der Waals surface area (Å²) in [5, 5.41) is 7.02. The van der Waals surface area contributed by atoms with Crippen LogP contribution in [0.5, 0.6) is 0 Å². The molecule has 2 atom stereocenters. The molecule has 6 heteroatoms. The SMILES string of the molecule is CCCCOC(C(Cc1cccc2ccccc12)n1cncn1)C1(C)COCOC1. The second-order valence-corrected chi connectivity index (χ2v) is 8.40. The molecule has 0 aliphatic carbocycles. The highest BCUT2D eigenvalue weighted by atomic mass is 16.7. The molecule has 0 spiro atoms. The molecule has 2 aromatic carbocycles. The zero-order chi connectivity index (χ0) is 20.8. The van der Waals surface area contributed by atoms with Gasteiger partial charge in [-0.2, -0.15) is 5.10 Å². The largest absolute Gasteiger partial charge is 0.375 e. The topological polar surface area (TPSA) is 58.4 Å². The van der Waals surface area contributed by atoms with E-state index in [1.54, 1.807) is 12.7 Å². The number of aromatic nitrogens is 3. The Morgan fingerprint density at radius 3 is 2.70 bits per heavy atom. The van der Waals surface area contributed by atoms with Crippen LogP contribution in [0, 0.1) is 5.41 Å². The van der Waals surface area contributed by atoms with Gasteiger partial charge in [-0.3, -0.25) is 0 Å². The van der Waals surface area contributed by atoms with Crippen molar-refractivity contribution in [2.24, 2.45) is 5.41 Å². The maximum absolute atomic E-state index is 6.55. The molecule has 1 saturated heterocycles. The van der Waals surface area contributed by atoms with Gasteiger partial charge in [-0.05, 0) is 29.2 Å². The van der Waals surface area contributed by atoms with Crippen LogP contribution in [0.2, 0.25) is 0 Å². The van der Waals surface area contributed by atoms with Gasteiger partial charge in [-0.1, -0.05) is 62.7 Å². The maximum Gasteiger partial charge on any atom is 0.146 e. The van der Waals surface area contributed by atoms with Gasteiger partial charge in [0.25, 0.3) is 0 Å². The third-order valence-corrected chi connectivity index (χ3v) is 5.95. The quantitative estimate of drug-likeness (QED) is 0.490. The van der Waals surface area contributed by atoms with Crippen LogP contribution in [0.4, 0.5) is 0 Å². The average Bonchev–Trinajstić information content (AvgIpc) is 3.31. The van der Waals surface area contributed by atoms with Crippen LogP contribution in [-0.4, -0.2) is 47.5 Å². The molecule has 1 aliphatic heterocycles. The van der Waals surface area contributed by atoms with Gasteiger partial charge < -0.3 is 14.2 Å². The predicted molar refractivity (Wildman–Crippen MR) is 116 cm³/mol. The van der Waals surface area contributed by atoms with Gasteiger partial charge >= 0.3 is 0 Å². The summed E-state index contributed by atoms with van der Waals surface area (Å²) in [5.74, 6) is 0. The number of nitrogens with zero attached hydrogens (tertiary/aromatic N) is 3. The number of rotatable bonds is 9. The van der Waals surface area contributed by atoms with E-state index in [4.69, 9.17) is 14.2 Å². The van der Waals surface area contributed by atoms with Gasteiger partial charge in [-0.15, -0.1) is 0 Å². The molecule has 2 unspecified atom stereocenters. The van der Waals surface area contributed by atoms with Crippen molar-refractivity contribution in [2.75, 3.05) is 26.6 Å². The second kappa shape index (κ2) is 9.69. The average molecular weight is 410 g/mol. The first-order valence-electron chi connectivity index (χ1n) is 10.8. The van der Waals surface area contributed by atoms with E-state index in [9.17, 15) is 0 Å². The first-order valence-corrected chi connectivity index (χ1v) is 10.8. The van der Waals surface area contributed by atoms with Crippen molar-refractivity contribution in [3.8, 4) is 0 Å². The number of hydrogen-bond donors (Lipinski definition) is 0. The molecular weight excluding hydrogens is 378 g/mol. The Labute approximate surface area is 178 Å². The second-order valence-electron chi connectivity index (χ2n) is 8.40. The Bertz CT molecular complexity index is 917. The molecule has 2 heterocycles. The predicted octanol–water partition coefficient (Wildman–Crippen LogP) is 4.41. The molecular formula is C24H31N3O3. The Balaban J connectivity index is 1.71. The lowest BCUT2D eigenvalue weighted by Crippen LogP contribution is -2.50. The third-order valence-electron chi connectivity index (χ3n) is 5.95. The fourth-order valence-electron chi connectivity index (χ4n) is 4.37. The summed E-state index contributed by atoms with van der Waals surface area (Å²) in [6, 6.07) is 15.0. The molecule has 6 nitrogen and oxygen atoms in total. The molecule has 3 aromatic rings. The molecule has 1 fully saturated rings. The van der Waals surface area contributed by atoms with E-state index in [2.05, 4.69) is 66.4 Å². The van der Waals surface area contributed by atoms with E-state index in [0.29, 0.717) is 26.6 Å². The highest BCUT2D eigenvalue weighted by molar-refractivity contribution is 5.85. The van der Waals surface area contributed by atoms with Gasteiger partial charge in [-0.25, -0.2) is 9.67 Å². The van der Waals surface area contributed by atoms with Gasteiger partial charge in [0, 0.05) is 12.0 Å². The minimum absolute atomic E-state index is 0.0227. The monoisotopic (exact) mass is 409 g/mol. The number of fused-ring (bicyclic) bond motifs is 1. The van der Waals surface area contributed by atoms with Crippen molar-refractivity contribution in [1.82, 2.24) is 14.8 Å². The Hall–Kier alpha value is -2.28. The normalized spacial score (nSPS) is 18.3. The molecule has 0 N–H and O–H groups in total. The van der Waals surface area contributed by atoms with Gasteiger partial charge in [0.15, 0.2) is 0 Å². The van der Waals surface area contributed by atoms with E-state index >= 15 is 0 Å². The van der Waals surface area contributed by atoms with Crippen molar-refractivity contribution < 1.29 is 14.2 Å². The summed E-state index contributed by atoms with van der Waals surface area (Å²) >= 11 is 0. The summed E-state index contributed by atoms with van der Waals surface area (Å²) < 4.78 is 19.9. The summed E-state index contributed by atoms with van der Waals surface area (Å²) in [6.45, 7) is 6.62. The van der Waals surface area contributed by atoms with Crippen LogP contribution in [0.25, 0.3) is 10.8 Å². The summed E-state index contributed by atoms with van der Waals surface area (Å²) in [6.07, 6.45) is 6.16. The van der Waals surface area contributed by atoms with Gasteiger partial charge in [0.1, 0.15) is 19.4 Å². The Morgan fingerprint density at radius 2 is 1.93 bits per heavy atom. The van der Waals surface area contributed by atoms with E-state index in [1.165, 1.54) is 16.3 Å². The van der Waals surface area contributed by atoms with Crippen molar-refractivity contribution >= 4 is 10.8 Å². The minimum atomic E-state index is -0.271. The van der Waals surface area contributed by atoms with Crippen LogP contribution in [0.15, 0.2) is 55.1 Å². The van der Waals surface area contributed by atoms with Gasteiger partial charge in [0.2, 0.25) is 0 Å². The Morgan fingerprint density at radius 1 is 1.13 bits per heavy atom. The van der Waals surface area contributed by atoms with Crippen LogP contribution >= 0.6 is 0 Å². The Kier molecular flexibility index (Phi) is 6.77. The molecule has 4 rings (SSSR count). The van der Waals surface area contributed by atoms with Crippen LogP contribution in [0.3, 0.4) is 0 Å². The molecule has 0 saturated carbocycles. The fourth-order valence-corrected chi connectivity index (χ4v) is 4.37. The van der Waals surface area contributed by atoms with Crippen molar-refractivity contribution in [3.63, 3.8) is 0 Å². The standard InChI is InChI=1S/C24H31N3O3/c1-3-4-12-30-23(24(2)14-28-18-29-15-24)22(27-17-25-16-26-27)13-20-10-7-9-19-8-5-6-11-21(19)20/h5-11,16-17,22-23H,3-4,12-15,18H2,1-2H3. The highest BCUT2D eigenvalue weighted by Gasteiger charge is 2.43. The summed E-state index contributed by atoms with van der Waals surface area (Å²) in [7, 11) is 0. The maximum atomic E-state index is 6.55. The minimum Gasteiger partial charge on any atom is -0.375 e. The summed E-state index contributed by atoms with van der Waals surface area (Å²) in [5.41, 5.74) is 1.01. The lowest BCUT2D eigenvalue weighted by atomic mass is 9.79. The van der Waals surface area contributed by atoms with Crippen molar-refractivity contribution in [1.29, 1.82) is 0 Å². The van der Waals surface area contributed by atoms with Crippen LogP contribution < -0.4 is 0 Å². The summed E-state index contributed by atoms with van der Waals surface area (Å²) in [4.78, 5) is 4.23.